The van der Waals surface area contributed by atoms with Crippen LogP contribution in [0.4, 0.5) is 0 Å². The van der Waals surface area contributed by atoms with Gasteiger partial charge in [0.1, 0.15) is 0 Å². The summed E-state index contributed by atoms with van der Waals surface area (Å²) in [7, 11) is 0. The molecule has 0 fully saturated rings. The first-order valence-electron chi connectivity index (χ1n) is 10.2. The molecule has 0 bridgehead atoms. The molecule has 0 saturated carbocycles. The van der Waals surface area contributed by atoms with Crippen molar-refractivity contribution < 1.29 is 24.1 Å². The van der Waals surface area contributed by atoms with E-state index in [0.717, 1.165) is 17.5 Å². The summed E-state index contributed by atoms with van der Waals surface area (Å²) in [5.41, 5.74) is 5.31. The van der Waals surface area contributed by atoms with Crippen molar-refractivity contribution in [3.05, 3.63) is 138 Å². The fourth-order valence-electron chi connectivity index (χ4n) is 4.54. The predicted octanol–water partition coefficient (Wildman–Crippen LogP) is 7.80. The van der Waals surface area contributed by atoms with Gasteiger partial charge in [-0.1, -0.05) is 0 Å². The van der Waals surface area contributed by atoms with Crippen LogP contribution in [0.2, 0.25) is 0 Å². The van der Waals surface area contributed by atoms with Crippen molar-refractivity contribution in [1.29, 1.82) is 0 Å². The number of fused-ring (bicyclic) bond motifs is 1. The van der Waals surface area contributed by atoms with Crippen LogP contribution in [-0.2, 0) is 29.7 Å². The molecule has 0 saturated heterocycles. The van der Waals surface area contributed by atoms with E-state index >= 15 is 0 Å². The van der Waals surface area contributed by atoms with Gasteiger partial charge in [-0.25, -0.2) is 0 Å². The van der Waals surface area contributed by atoms with E-state index in [1.54, 1.807) is 0 Å². The Morgan fingerprint density at radius 3 is 1.84 bits per heavy atom. The second-order valence-electron chi connectivity index (χ2n) is 7.55. The number of halogens is 2. The second kappa shape index (κ2) is 10.7. The van der Waals surface area contributed by atoms with Crippen LogP contribution in [0.1, 0.15) is 28.7 Å². The average molecular weight is 494 g/mol. The zero-order valence-corrected chi connectivity index (χ0v) is 20.6. The van der Waals surface area contributed by atoms with Crippen LogP contribution >= 0.6 is 24.8 Å². The Kier molecular flexibility index (Phi) is 8.17. The van der Waals surface area contributed by atoms with Crippen molar-refractivity contribution in [1.82, 2.24) is 0 Å². The third-order valence-electron chi connectivity index (χ3n) is 5.91. The van der Waals surface area contributed by atoms with E-state index in [4.69, 9.17) is 3.32 Å². The van der Waals surface area contributed by atoms with E-state index in [1.807, 2.05) is 20.8 Å². The third kappa shape index (κ3) is 4.12. The topological polar surface area (TPSA) is 9.23 Å². The molecule has 1 nitrogen and oxygen atoms in total. The Hall–Kier alpha value is -2.13. The van der Waals surface area contributed by atoms with Crippen LogP contribution in [-0.4, -0.2) is 0 Å². The average Bonchev–Trinajstić information content (AvgIpc) is 3.36. The van der Waals surface area contributed by atoms with Crippen LogP contribution in [0.3, 0.4) is 0 Å². The molecule has 0 aliphatic heterocycles. The van der Waals surface area contributed by atoms with Gasteiger partial charge in [-0.3, -0.25) is 0 Å². The summed E-state index contributed by atoms with van der Waals surface area (Å²) in [5, 5.41) is 2.44. The Bertz CT molecular complexity index is 1210. The van der Waals surface area contributed by atoms with Crippen molar-refractivity contribution in [2.45, 2.75) is 12.0 Å². The monoisotopic (exact) mass is 493 g/mol. The van der Waals surface area contributed by atoms with Crippen molar-refractivity contribution in [2.75, 3.05) is 0 Å². The molecule has 0 aromatic heterocycles. The molecular formula is C28H23Cl2OTi. The molecular weight excluding hydrogens is 471 g/mol. The Balaban J connectivity index is 0.00000144. The van der Waals surface area contributed by atoms with Gasteiger partial charge in [0.25, 0.3) is 0 Å². The zero-order valence-electron chi connectivity index (χ0n) is 17.4. The first kappa shape index (κ1) is 24.5. The molecule has 0 unspecified atom stereocenters. The van der Waals surface area contributed by atoms with Gasteiger partial charge in [-0.15, -0.1) is 24.8 Å². The van der Waals surface area contributed by atoms with Gasteiger partial charge < -0.3 is 0 Å². The Morgan fingerprint density at radius 2 is 1.28 bits per heavy atom. The molecule has 159 valence electrons. The fourth-order valence-corrected chi connectivity index (χ4v) is 5.06. The molecule has 1 aliphatic rings. The van der Waals surface area contributed by atoms with Crippen molar-refractivity contribution in [3.63, 3.8) is 0 Å². The molecule has 1 aliphatic carbocycles. The van der Waals surface area contributed by atoms with E-state index in [-0.39, 0.29) is 24.8 Å². The molecule has 4 heteroatoms. The zero-order chi connectivity index (χ0) is 20.4. The fraction of sp³-hybridized carbons (Fsp3) is 0.0714. The van der Waals surface area contributed by atoms with E-state index in [9.17, 15) is 0 Å². The summed E-state index contributed by atoms with van der Waals surface area (Å²) in [6, 6.07) is 34.3. The summed E-state index contributed by atoms with van der Waals surface area (Å²) < 4.78 is 6.56. The quantitative estimate of drug-likeness (QED) is 0.203. The third-order valence-corrected chi connectivity index (χ3v) is 6.39. The van der Waals surface area contributed by atoms with Crippen molar-refractivity contribution in [3.8, 4) is 0 Å². The maximum absolute atomic E-state index is 6.56. The van der Waals surface area contributed by atoms with Crippen molar-refractivity contribution in [2.24, 2.45) is 0 Å². The minimum atomic E-state index is -0.720. The normalized spacial score (nSPS) is 12.7. The van der Waals surface area contributed by atoms with Gasteiger partial charge in [-0.05, 0) is 0 Å². The van der Waals surface area contributed by atoms with E-state index < -0.39 is 5.60 Å². The number of rotatable bonds is 5. The number of hydrogen-bond donors (Lipinski definition) is 0. The van der Waals surface area contributed by atoms with Gasteiger partial charge in [0.15, 0.2) is 0 Å². The number of benzene rings is 4. The van der Waals surface area contributed by atoms with Crippen molar-refractivity contribution >= 4 is 41.2 Å². The van der Waals surface area contributed by atoms with Gasteiger partial charge in [0, 0.05) is 0 Å². The van der Waals surface area contributed by atoms with Gasteiger partial charge in [0.05, 0.1) is 0 Å². The first-order chi connectivity index (χ1) is 14.8. The molecule has 0 atom stereocenters. The minimum absolute atomic E-state index is 0. The summed E-state index contributed by atoms with van der Waals surface area (Å²) in [6.45, 7) is 0. The first-order valence-corrected chi connectivity index (χ1v) is 10.8. The van der Waals surface area contributed by atoms with Crippen LogP contribution < -0.4 is 0 Å². The van der Waals surface area contributed by atoms with Crippen LogP contribution in [0.15, 0.2) is 115 Å². The van der Waals surface area contributed by atoms with Crippen LogP contribution in [0.25, 0.3) is 16.3 Å². The molecule has 0 amide bonds. The van der Waals surface area contributed by atoms with Crippen LogP contribution in [0, 0.1) is 0 Å². The van der Waals surface area contributed by atoms with E-state index in [1.165, 1.54) is 27.5 Å². The molecule has 0 radical (unpaired) electrons. The SMILES string of the molecule is Cl.Cl.[Ti][O]C(c1ccccc1)(c1ccccc1)c1c(C2=CC=CC2)ccc2ccccc12. The molecule has 0 spiro atoms. The van der Waals surface area contributed by atoms with Gasteiger partial charge in [-0.2, -0.15) is 0 Å². The second-order valence-corrected chi connectivity index (χ2v) is 7.87. The molecule has 5 rings (SSSR count). The summed E-state index contributed by atoms with van der Waals surface area (Å²) in [4.78, 5) is 0. The van der Waals surface area contributed by atoms with Gasteiger partial charge in [0.2, 0.25) is 0 Å². The van der Waals surface area contributed by atoms with Gasteiger partial charge >= 0.3 is 190 Å². The Morgan fingerprint density at radius 1 is 0.688 bits per heavy atom. The molecule has 0 heterocycles. The standard InChI is InChI=1S/C28H21O.2ClH.Ti/c29-28(23-14-3-1-4-15-23,24-16-5-2-6-17-24)27-25-18-10-9-13-22(25)19-20-26(27)21-11-7-8-12-21;;;/h1-11,13-20H,12H2;2*1H;/q-1;;;+1. The van der Waals surface area contributed by atoms with E-state index in [0.29, 0.717) is 0 Å². The van der Waals surface area contributed by atoms with Crippen LogP contribution in [0.5, 0.6) is 0 Å². The Labute approximate surface area is 213 Å². The van der Waals surface area contributed by atoms with E-state index in [2.05, 4.69) is 115 Å². The molecule has 4 aromatic carbocycles. The molecule has 0 N–H and O–H groups in total. The number of allylic oxidation sites excluding steroid dienone is 4. The molecule has 32 heavy (non-hydrogen) atoms. The number of hydrogen-bond acceptors (Lipinski definition) is 1. The predicted molar refractivity (Wildman–Crippen MR) is 134 cm³/mol. The summed E-state index contributed by atoms with van der Waals surface area (Å²) >= 11 is 1.83. The molecule has 4 aromatic rings. The summed E-state index contributed by atoms with van der Waals surface area (Å²) in [6.07, 6.45) is 7.53. The maximum atomic E-state index is 6.56. The summed E-state index contributed by atoms with van der Waals surface area (Å²) in [5.74, 6) is 0.